The topological polar surface area (TPSA) is 106 Å². The summed E-state index contributed by atoms with van der Waals surface area (Å²) in [4.78, 5) is 39.9. The van der Waals surface area contributed by atoms with Crippen LogP contribution in [0.3, 0.4) is 0 Å². The lowest BCUT2D eigenvalue weighted by Gasteiger charge is -2.28. The van der Waals surface area contributed by atoms with Gasteiger partial charge in [0.1, 0.15) is 11.2 Å². The number of ether oxygens (including phenoxy) is 2. The molecule has 3 amide bonds. The normalized spacial score (nSPS) is 18.0. The molecule has 1 aliphatic rings. The Labute approximate surface area is 214 Å². The van der Waals surface area contributed by atoms with Crippen molar-refractivity contribution in [2.75, 3.05) is 27.3 Å². The minimum absolute atomic E-state index is 0.118. The number of nitrogens with one attached hydrogen (secondary N) is 3. The van der Waals surface area contributed by atoms with Crippen LogP contribution in [0.25, 0.3) is 10.1 Å². The average molecular weight is 510 g/mol. The Morgan fingerprint density at radius 2 is 1.89 bits per heavy atom. The van der Waals surface area contributed by atoms with E-state index in [1.54, 1.807) is 20.3 Å². The van der Waals surface area contributed by atoms with Crippen LogP contribution in [0, 0.1) is 5.41 Å². The number of fused-ring (bicyclic) bond motifs is 1. The zero-order valence-electron chi connectivity index (χ0n) is 20.7. The van der Waals surface area contributed by atoms with Crippen molar-refractivity contribution in [1.29, 1.82) is 0 Å². The first kappa shape index (κ1) is 25.7. The third kappa shape index (κ3) is 4.81. The molecule has 1 fully saturated rings. The largest absolute Gasteiger partial charge is 0.496 e. The van der Waals surface area contributed by atoms with E-state index >= 15 is 0 Å². The van der Waals surface area contributed by atoms with Gasteiger partial charge in [-0.15, -0.1) is 11.3 Å². The summed E-state index contributed by atoms with van der Waals surface area (Å²) >= 11 is 1.41. The van der Waals surface area contributed by atoms with Crippen molar-refractivity contribution in [2.45, 2.75) is 32.4 Å². The molecule has 36 heavy (non-hydrogen) atoms. The van der Waals surface area contributed by atoms with Gasteiger partial charge in [-0.1, -0.05) is 43.3 Å². The van der Waals surface area contributed by atoms with Crippen molar-refractivity contribution in [3.05, 3.63) is 64.5 Å². The van der Waals surface area contributed by atoms with Gasteiger partial charge in [-0.2, -0.15) is 0 Å². The van der Waals surface area contributed by atoms with Crippen LogP contribution in [-0.4, -0.2) is 45.0 Å². The summed E-state index contributed by atoms with van der Waals surface area (Å²) in [5.74, 6) is -0.284. The van der Waals surface area contributed by atoms with Gasteiger partial charge in [-0.25, -0.2) is 0 Å². The van der Waals surface area contributed by atoms with Gasteiger partial charge < -0.3 is 25.4 Å². The molecule has 2 aromatic carbocycles. The van der Waals surface area contributed by atoms with Gasteiger partial charge in [0.05, 0.1) is 24.6 Å². The van der Waals surface area contributed by atoms with Gasteiger partial charge in [0.2, 0.25) is 11.8 Å². The molecule has 9 heteroatoms. The van der Waals surface area contributed by atoms with Crippen LogP contribution >= 0.6 is 11.3 Å². The van der Waals surface area contributed by atoms with Crippen LogP contribution in [-0.2, 0) is 20.9 Å². The molecule has 1 aliphatic heterocycles. The maximum Gasteiger partial charge on any atom is 0.261 e. The van der Waals surface area contributed by atoms with Crippen molar-refractivity contribution >= 4 is 39.1 Å². The standard InChI is InChI=1S/C27H31N3O5S/c1-4-27(13-14-28-25(27)32)26(33)30-20(18-10-5-7-11-21(18)35-3)15-29-24(31)23-19(16-34-2)17-9-6-8-12-22(17)36-23/h5-12,20H,4,13-16H2,1-3H3,(H,28,32)(H,29,31)(H,30,33). The minimum Gasteiger partial charge on any atom is -0.496 e. The smallest absolute Gasteiger partial charge is 0.261 e. The number of benzene rings is 2. The van der Waals surface area contributed by atoms with Crippen molar-refractivity contribution in [1.82, 2.24) is 16.0 Å². The van der Waals surface area contributed by atoms with Gasteiger partial charge in [-0.3, -0.25) is 14.4 Å². The molecule has 0 saturated carbocycles. The third-order valence-corrected chi connectivity index (χ3v) is 8.00. The van der Waals surface area contributed by atoms with Gasteiger partial charge in [-0.05, 0) is 30.4 Å². The van der Waals surface area contributed by atoms with Crippen LogP contribution in [0.2, 0.25) is 0 Å². The monoisotopic (exact) mass is 509 g/mol. The highest BCUT2D eigenvalue weighted by Gasteiger charge is 2.48. The van der Waals surface area contributed by atoms with Gasteiger partial charge in [0.25, 0.3) is 5.91 Å². The minimum atomic E-state index is -1.12. The first-order valence-corrected chi connectivity index (χ1v) is 12.8. The molecule has 0 aliphatic carbocycles. The summed E-state index contributed by atoms with van der Waals surface area (Å²) in [6, 6.07) is 14.6. The summed E-state index contributed by atoms with van der Waals surface area (Å²) in [5, 5.41) is 9.78. The second kappa shape index (κ2) is 11.1. The van der Waals surface area contributed by atoms with E-state index in [9.17, 15) is 14.4 Å². The molecule has 190 valence electrons. The Hall–Kier alpha value is -3.43. The number of thiophene rings is 1. The lowest BCUT2D eigenvalue weighted by atomic mass is 9.82. The van der Waals surface area contributed by atoms with Gasteiger partial charge in [0, 0.05) is 36.0 Å². The van der Waals surface area contributed by atoms with Crippen LogP contribution in [0.15, 0.2) is 48.5 Å². The molecule has 2 atom stereocenters. The Kier molecular flexibility index (Phi) is 7.91. The quantitative estimate of drug-likeness (QED) is 0.363. The van der Waals surface area contributed by atoms with Crippen molar-refractivity contribution in [3.63, 3.8) is 0 Å². The molecule has 0 radical (unpaired) electrons. The lowest BCUT2D eigenvalue weighted by molar-refractivity contribution is -0.141. The fourth-order valence-electron chi connectivity index (χ4n) is 4.72. The molecule has 1 saturated heterocycles. The van der Waals surface area contributed by atoms with Crippen LogP contribution in [0.1, 0.15) is 46.6 Å². The molecule has 2 heterocycles. The van der Waals surface area contributed by atoms with Crippen LogP contribution in [0.5, 0.6) is 5.75 Å². The molecule has 3 aromatic rings. The van der Waals surface area contributed by atoms with Gasteiger partial charge in [0.15, 0.2) is 0 Å². The molecule has 4 rings (SSSR count). The molecule has 3 N–H and O–H groups in total. The van der Waals surface area contributed by atoms with Crippen molar-refractivity contribution < 1.29 is 23.9 Å². The number of amides is 3. The number of hydrogen-bond acceptors (Lipinski definition) is 6. The first-order valence-electron chi connectivity index (χ1n) is 11.9. The molecule has 0 spiro atoms. The second-order valence-corrected chi connectivity index (χ2v) is 9.81. The van der Waals surface area contributed by atoms with E-state index < -0.39 is 11.5 Å². The maximum atomic E-state index is 13.4. The Balaban J connectivity index is 1.61. The van der Waals surface area contributed by atoms with Crippen molar-refractivity contribution in [2.24, 2.45) is 5.41 Å². The van der Waals surface area contributed by atoms with E-state index in [0.29, 0.717) is 42.2 Å². The van der Waals surface area contributed by atoms with Crippen LogP contribution < -0.4 is 20.7 Å². The number of carbonyl (C=O) groups is 3. The highest BCUT2D eigenvalue weighted by atomic mass is 32.1. The predicted octanol–water partition coefficient (Wildman–Crippen LogP) is 3.56. The summed E-state index contributed by atoms with van der Waals surface area (Å²) in [5.41, 5.74) is 0.425. The average Bonchev–Trinajstić information content (AvgIpc) is 3.47. The highest BCUT2D eigenvalue weighted by Crippen LogP contribution is 2.34. The number of carbonyl (C=O) groups excluding carboxylic acids is 3. The van der Waals surface area contributed by atoms with Crippen molar-refractivity contribution in [3.8, 4) is 5.75 Å². The number of rotatable bonds is 10. The zero-order chi connectivity index (χ0) is 25.7. The number of hydrogen-bond donors (Lipinski definition) is 3. The van der Waals surface area contributed by atoms with Crippen LogP contribution in [0.4, 0.5) is 0 Å². The SMILES string of the molecule is CCC1(C(=O)NC(CNC(=O)c2sc3ccccc3c2COC)c2ccccc2OC)CCNC1=O. The zero-order valence-corrected chi connectivity index (χ0v) is 21.5. The Morgan fingerprint density at radius 3 is 2.58 bits per heavy atom. The van der Waals surface area contributed by atoms with E-state index in [1.807, 2.05) is 49.4 Å². The van der Waals surface area contributed by atoms with E-state index in [1.165, 1.54) is 11.3 Å². The maximum absolute atomic E-state index is 13.4. The fourth-order valence-corrected chi connectivity index (χ4v) is 5.85. The molecular weight excluding hydrogens is 478 g/mol. The summed E-state index contributed by atoms with van der Waals surface area (Å²) < 4.78 is 11.9. The molecule has 2 unspecified atom stereocenters. The first-order chi connectivity index (χ1) is 17.4. The Morgan fingerprint density at radius 1 is 1.14 bits per heavy atom. The van der Waals surface area contributed by atoms with E-state index in [-0.39, 0.29) is 24.3 Å². The van der Waals surface area contributed by atoms with E-state index in [4.69, 9.17) is 9.47 Å². The number of para-hydroxylation sites is 1. The summed E-state index contributed by atoms with van der Waals surface area (Å²) in [7, 11) is 3.16. The summed E-state index contributed by atoms with van der Waals surface area (Å²) in [6.45, 7) is 2.73. The second-order valence-electron chi connectivity index (χ2n) is 8.76. The molecule has 0 bridgehead atoms. The summed E-state index contributed by atoms with van der Waals surface area (Å²) in [6.07, 6.45) is 0.819. The third-order valence-electron chi connectivity index (χ3n) is 6.79. The van der Waals surface area contributed by atoms with E-state index in [0.717, 1.165) is 15.6 Å². The molecular formula is C27H31N3O5S. The molecule has 8 nitrogen and oxygen atoms in total. The predicted molar refractivity (Wildman–Crippen MR) is 139 cm³/mol. The van der Waals surface area contributed by atoms with E-state index in [2.05, 4.69) is 16.0 Å². The lowest BCUT2D eigenvalue weighted by Crippen LogP contribution is -2.48. The highest BCUT2D eigenvalue weighted by molar-refractivity contribution is 7.21. The Bertz CT molecular complexity index is 1270. The number of methoxy groups -OCH3 is 2. The fraction of sp³-hybridized carbons (Fsp3) is 0.370. The molecule has 1 aromatic heterocycles. The van der Waals surface area contributed by atoms with Gasteiger partial charge >= 0.3 is 0 Å².